The van der Waals surface area contributed by atoms with Crippen LogP contribution in [0.4, 0.5) is 11.4 Å². The van der Waals surface area contributed by atoms with E-state index in [2.05, 4.69) is 10.6 Å². The number of nitrogens with zero attached hydrogens (tertiary/aromatic N) is 2. The summed E-state index contributed by atoms with van der Waals surface area (Å²) in [5.41, 5.74) is 0.916. The van der Waals surface area contributed by atoms with Crippen molar-refractivity contribution in [1.82, 2.24) is 9.62 Å². The number of aliphatic hydroxyl groups excluding tert-OH is 1. The molecule has 2 aromatic carbocycles. The van der Waals surface area contributed by atoms with Gasteiger partial charge in [-0.05, 0) is 48.1 Å². The zero-order chi connectivity index (χ0) is 20.9. The maximum atomic E-state index is 12.2. The molecule has 0 saturated heterocycles. The van der Waals surface area contributed by atoms with Gasteiger partial charge in [0.2, 0.25) is 10.0 Å². The average molecular weight is 425 g/mol. The van der Waals surface area contributed by atoms with Gasteiger partial charge in [-0.15, -0.1) is 0 Å². The van der Waals surface area contributed by atoms with Crippen LogP contribution in [-0.4, -0.2) is 48.5 Å². The summed E-state index contributed by atoms with van der Waals surface area (Å²) in [7, 11) is -0.674. The van der Waals surface area contributed by atoms with E-state index in [0.717, 1.165) is 4.31 Å². The van der Waals surface area contributed by atoms with E-state index in [4.69, 9.17) is 12.2 Å². The summed E-state index contributed by atoms with van der Waals surface area (Å²) in [4.78, 5) is 10.3. The summed E-state index contributed by atoms with van der Waals surface area (Å²) >= 11 is 5.17. The van der Waals surface area contributed by atoms with Crippen LogP contribution in [0.5, 0.6) is 0 Å². The smallest absolute Gasteiger partial charge is 0.269 e. The molecule has 0 radical (unpaired) electrons. The molecule has 0 unspecified atom stereocenters. The molecule has 0 aromatic heterocycles. The van der Waals surface area contributed by atoms with E-state index in [1.54, 1.807) is 12.1 Å². The van der Waals surface area contributed by atoms with Crippen LogP contribution >= 0.6 is 12.2 Å². The maximum absolute atomic E-state index is 12.2. The van der Waals surface area contributed by atoms with Crippen molar-refractivity contribution in [3.8, 4) is 0 Å². The van der Waals surface area contributed by atoms with Crippen molar-refractivity contribution >= 4 is 38.7 Å². The monoisotopic (exact) mass is 424 g/mol. The number of thiocarbonyl (C=S) groups is 1. The van der Waals surface area contributed by atoms with Crippen molar-refractivity contribution in [2.24, 2.45) is 0 Å². The first kappa shape index (κ1) is 21.7. The Labute approximate surface area is 168 Å². The quantitative estimate of drug-likeness (QED) is 0.349. The first-order valence-corrected chi connectivity index (χ1v) is 9.96. The molecular weight excluding hydrogens is 404 g/mol. The van der Waals surface area contributed by atoms with Gasteiger partial charge in [0.25, 0.3) is 5.69 Å². The molecular formula is C17H20N4O5S2. The van der Waals surface area contributed by atoms with E-state index in [0.29, 0.717) is 11.3 Å². The Bertz CT molecular complexity index is 962. The summed E-state index contributed by atoms with van der Waals surface area (Å²) in [6.45, 7) is 0.0688. The minimum Gasteiger partial charge on any atom is -0.387 e. The zero-order valence-electron chi connectivity index (χ0n) is 15.2. The lowest BCUT2D eigenvalue weighted by atomic mass is 10.1. The van der Waals surface area contributed by atoms with Crippen LogP contribution in [0, 0.1) is 10.1 Å². The number of benzene rings is 2. The highest BCUT2D eigenvalue weighted by Gasteiger charge is 2.17. The SMILES string of the molecule is CN(C)S(=O)(=O)c1cccc(NC(=S)NC[C@@H](O)c2ccc([N+](=O)[O-])cc2)c1. The highest BCUT2D eigenvalue weighted by Crippen LogP contribution is 2.19. The first-order chi connectivity index (χ1) is 13.1. The van der Waals surface area contributed by atoms with Gasteiger partial charge in [-0.25, -0.2) is 12.7 Å². The lowest BCUT2D eigenvalue weighted by molar-refractivity contribution is -0.384. The number of nitro benzene ring substituents is 1. The number of anilines is 1. The van der Waals surface area contributed by atoms with E-state index in [-0.39, 0.29) is 22.2 Å². The second kappa shape index (κ2) is 9.06. The molecule has 2 rings (SSSR count). The summed E-state index contributed by atoms with van der Waals surface area (Å²) in [6, 6.07) is 11.7. The van der Waals surface area contributed by atoms with Crippen LogP contribution in [0.15, 0.2) is 53.4 Å². The molecule has 0 aliphatic heterocycles. The van der Waals surface area contributed by atoms with Crippen molar-refractivity contribution in [2.75, 3.05) is 26.0 Å². The third kappa shape index (κ3) is 5.45. The first-order valence-electron chi connectivity index (χ1n) is 8.11. The Morgan fingerprint density at radius 2 is 1.89 bits per heavy atom. The van der Waals surface area contributed by atoms with E-state index in [9.17, 15) is 23.6 Å². The van der Waals surface area contributed by atoms with Crippen LogP contribution < -0.4 is 10.6 Å². The fourth-order valence-corrected chi connectivity index (χ4v) is 3.40. The van der Waals surface area contributed by atoms with Gasteiger partial charge in [0.15, 0.2) is 5.11 Å². The normalized spacial score (nSPS) is 12.4. The molecule has 0 aliphatic rings. The zero-order valence-corrected chi connectivity index (χ0v) is 16.8. The molecule has 0 saturated carbocycles. The summed E-state index contributed by atoms with van der Waals surface area (Å²) in [6.07, 6.45) is -0.930. The molecule has 0 bridgehead atoms. The lowest BCUT2D eigenvalue weighted by Crippen LogP contribution is -2.32. The third-order valence-corrected chi connectivity index (χ3v) is 5.87. The van der Waals surface area contributed by atoms with Crippen molar-refractivity contribution in [2.45, 2.75) is 11.0 Å². The van der Waals surface area contributed by atoms with Crippen LogP contribution in [0.25, 0.3) is 0 Å². The molecule has 0 amide bonds. The number of hydrogen-bond acceptors (Lipinski definition) is 6. The molecule has 28 heavy (non-hydrogen) atoms. The van der Waals surface area contributed by atoms with E-state index >= 15 is 0 Å². The second-order valence-corrected chi connectivity index (χ2v) is 8.57. The lowest BCUT2D eigenvalue weighted by Gasteiger charge is -2.16. The minimum atomic E-state index is -3.56. The molecule has 0 fully saturated rings. The molecule has 0 spiro atoms. The molecule has 0 aliphatic carbocycles. The van der Waals surface area contributed by atoms with Gasteiger partial charge >= 0.3 is 0 Å². The predicted octanol–water partition coefficient (Wildman–Crippen LogP) is 1.87. The fraction of sp³-hybridized carbons (Fsp3) is 0.235. The van der Waals surface area contributed by atoms with E-state index < -0.39 is 21.1 Å². The number of non-ortho nitro benzene ring substituents is 1. The van der Waals surface area contributed by atoms with E-state index in [1.165, 1.54) is 50.5 Å². The number of nitro groups is 1. The van der Waals surface area contributed by atoms with Crippen molar-refractivity contribution in [3.63, 3.8) is 0 Å². The van der Waals surface area contributed by atoms with Gasteiger partial charge in [0, 0.05) is 38.5 Å². The standard InChI is InChI=1S/C17H20N4O5S2/c1-20(2)28(25,26)15-5-3-4-13(10-15)19-17(27)18-11-16(22)12-6-8-14(9-7-12)21(23)24/h3-10,16,22H,11H2,1-2H3,(H2,18,19,27)/t16-/m1/s1. The number of hydrogen-bond donors (Lipinski definition) is 3. The number of rotatable bonds is 7. The summed E-state index contributed by atoms with van der Waals surface area (Å²) < 4.78 is 25.5. The van der Waals surface area contributed by atoms with Crippen molar-refractivity contribution in [1.29, 1.82) is 0 Å². The van der Waals surface area contributed by atoms with Crippen LogP contribution in [0.3, 0.4) is 0 Å². The fourth-order valence-electron chi connectivity index (χ4n) is 2.25. The van der Waals surface area contributed by atoms with Gasteiger partial charge in [-0.1, -0.05) is 6.07 Å². The molecule has 0 heterocycles. The minimum absolute atomic E-state index is 0.0614. The Morgan fingerprint density at radius 1 is 1.25 bits per heavy atom. The highest BCUT2D eigenvalue weighted by atomic mass is 32.2. The topological polar surface area (TPSA) is 125 Å². The Balaban J connectivity index is 1.96. The molecule has 11 heteroatoms. The summed E-state index contributed by atoms with van der Waals surface area (Å²) in [5.74, 6) is 0. The molecule has 9 nitrogen and oxygen atoms in total. The summed E-state index contributed by atoms with van der Waals surface area (Å²) in [5, 5.41) is 26.7. The van der Waals surface area contributed by atoms with Crippen LogP contribution in [0.2, 0.25) is 0 Å². The van der Waals surface area contributed by atoms with Gasteiger partial charge < -0.3 is 15.7 Å². The van der Waals surface area contributed by atoms with Gasteiger partial charge in [-0.3, -0.25) is 10.1 Å². The average Bonchev–Trinajstić information content (AvgIpc) is 2.66. The molecule has 150 valence electrons. The van der Waals surface area contributed by atoms with Crippen molar-refractivity contribution < 1.29 is 18.4 Å². The van der Waals surface area contributed by atoms with Gasteiger partial charge in [-0.2, -0.15) is 0 Å². The van der Waals surface area contributed by atoms with E-state index in [1.807, 2.05) is 0 Å². The number of aliphatic hydroxyl groups is 1. The Kier molecular flexibility index (Phi) is 7.02. The van der Waals surface area contributed by atoms with Crippen LogP contribution in [-0.2, 0) is 10.0 Å². The third-order valence-electron chi connectivity index (χ3n) is 3.82. The number of nitrogens with one attached hydrogen (secondary N) is 2. The van der Waals surface area contributed by atoms with Gasteiger partial charge in [0.05, 0.1) is 15.9 Å². The van der Waals surface area contributed by atoms with Crippen LogP contribution in [0.1, 0.15) is 11.7 Å². The second-order valence-electron chi connectivity index (χ2n) is 6.01. The molecule has 1 atom stereocenters. The maximum Gasteiger partial charge on any atom is 0.269 e. The number of sulfonamides is 1. The molecule has 3 N–H and O–H groups in total. The van der Waals surface area contributed by atoms with Gasteiger partial charge in [0.1, 0.15) is 0 Å². The highest BCUT2D eigenvalue weighted by molar-refractivity contribution is 7.89. The largest absolute Gasteiger partial charge is 0.387 e. The molecule has 2 aromatic rings. The van der Waals surface area contributed by atoms with Crippen molar-refractivity contribution in [3.05, 3.63) is 64.2 Å². The Morgan fingerprint density at radius 3 is 2.46 bits per heavy atom. The predicted molar refractivity (Wildman–Crippen MR) is 110 cm³/mol. The Hall–Kier alpha value is -2.60.